The number of halogens is 1. The molecule has 86 valence electrons. The van der Waals surface area contributed by atoms with Crippen LogP contribution in [0.25, 0.3) is 10.6 Å². The van der Waals surface area contributed by atoms with Gasteiger partial charge >= 0.3 is 0 Å². The molecule has 0 aliphatic rings. The van der Waals surface area contributed by atoms with Crippen LogP contribution in [0.2, 0.25) is 0 Å². The van der Waals surface area contributed by atoms with Crippen molar-refractivity contribution >= 4 is 52.7 Å². The molecular weight excluding hydrogens is 282 g/mol. The van der Waals surface area contributed by atoms with Crippen LogP contribution in [0.15, 0.2) is 21.9 Å². The van der Waals surface area contributed by atoms with Crippen molar-refractivity contribution in [1.29, 1.82) is 5.41 Å². The van der Waals surface area contributed by atoms with Crippen LogP contribution in [0.3, 0.4) is 0 Å². The Labute approximate surface area is 112 Å². The minimum Gasteiger partial charge on any atom is -0.383 e. The van der Waals surface area contributed by atoms with Crippen molar-refractivity contribution in [2.45, 2.75) is 4.21 Å². The maximum absolute atomic E-state index is 7.52. The fourth-order valence-electron chi connectivity index (χ4n) is 1.18. The fraction of sp³-hybridized carbons (Fsp3) is 0.111. The quantitative estimate of drug-likeness (QED) is 0.518. The van der Waals surface area contributed by atoms with Crippen molar-refractivity contribution < 1.29 is 0 Å². The van der Waals surface area contributed by atoms with E-state index < -0.39 is 0 Å². The Balaban J connectivity index is 0.00000128. The molecule has 0 saturated carbocycles. The SMILES string of the molecule is CSc1cc(-c2nccs2)c(C(=N)N)s1.Cl. The third kappa shape index (κ3) is 2.57. The van der Waals surface area contributed by atoms with E-state index in [1.807, 2.05) is 17.7 Å². The lowest BCUT2D eigenvalue weighted by molar-refractivity contribution is 1.40. The molecule has 0 aliphatic heterocycles. The Morgan fingerprint density at radius 1 is 1.56 bits per heavy atom. The molecule has 0 aromatic carbocycles. The second-order valence-corrected chi connectivity index (χ2v) is 5.82. The van der Waals surface area contributed by atoms with E-state index in [-0.39, 0.29) is 18.2 Å². The average Bonchev–Trinajstić information content (AvgIpc) is 2.86. The van der Waals surface area contributed by atoms with Gasteiger partial charge in [0.25, 0.3) is 0 Å². The number of nitrogens with zero attached hydrogens (tertiary/aromatic N) is 1. The van der Waals surface area contributed by atoms with Gasteiger partial charge in [-0.15, -0.1) is 46.8 Å². The van der Waals surface area contributed by atoms with Crippen molar-refractivity contribution in [2.24, 2.45) is 5.73 Å². The number of hydrogen-bond acceptors (Lipinski definition) is 5. The van der Waals surface area contributed by atoms with Crippen molar-refractivity contribution in [3.63, 3.8) is 0 Å². The predicted octanol–water partition coefficient (Wildman–Crippen LogP) is 3.30. The Hall–Kier alpha value is -0.560. The van der Waals surface area contributed by atoms with Gasteiger partial charge in [0, 0.05) is 17.1 Å². The van der Waals surface area contributed by atoms with Crippen LogP contribution < -0.4 is 5.73 Å². The Kier molecular flexibility index (Phi) is 4.79. The molecular formula is C9H10ClN3S3. The molecule has 0 fully saturated rings. The van der Waals surface area contributed by atoms with Crippen LogP contribution in [-0.4, -0.2) is 17.1 Å². The Morgan fingerprint density at radius 3 is 2.81 bits per heavy atom. The summed E-state index contributed by atoms with van der Waals surface area (Å²) in [6.45, 7) is 0. The van der Waals surface area contributed by atoms with Crippen molar-refractivity contribution in [1.82, 2.24) is 4.98 Å². The standard InChI is InChI=1S/C9H9N3S3.ClH/c1-13-6-4-5(7(15-6)8(10)11)9-12-2-3-14-9;/h2-4H,1H3,(H3,10,11);1H. The first-order valence-electron chi connectivity index (χ1n) is 4.14. The van der Waals surface area contributed by atoms with E-state index >= 15 is 0 Å². The van der Waals surface area contributed by atoms with Crippen molar-refractivity contribution in [2.75, 3.05) is 6.26 Å². The highest BCUT2D eigenvalue weighted by atomic mass is 35.5. The second-order valence-electron chi connectivity index (χ2n) is 2.76. The summed E-state index contributed by atoms with van der Waals surface area (Å²) >= 11 is 4.77. The fourth-order valence-corrected chi connectivity index (χ4v) is 3.48. The topological polar surface area (TPSA) is 62.8 Å². The number of amidine groups is 1. The molecule has 2 rings (SSSR count). The third-order valence-corrected chi connectivity index (χ3v) is 4.86. The highest BCUT2D eigenvalue weighted by molar-refractivity contribution is 8.00. The van der Waals surface area contributed by atoms with Crippen LogP contribution in [0.1, 0.15) is 4.88 Å². The first-order chi connectivity index (χ1) is 7.22. The minimum atomic E-state index is 0. The molecule has 0 atom stereocenters. The summed E-state index contributed by atoms with van der Waals surface area (Å²) < 4.78 is 1.16. The summed E-state index contributed by atoms with van der Waals surface area (Å²) in [5.41, 5.74) is 6.53. The number of aromatic nitrogens is 1. The number of nitrogen functional groups attached to an aromatic ring is 1. The molecule has 7 heteroatoms. The molecule has 16 heavy (non-hydrogen) atoms. The first-order valence-corrected chi connectivity index (χ1v) is 7.06. The summed E-state index contributed by atoms with van der Waals surface area (Å²) in [5, 5.41) is 10.4. The zero-order valence-electron chi connectivity index (χ0n) is 8.39. The van der Waals surface area contributed by atoms with E-state index in [9.17, 15) is 0 Å². The van der Waals surface area contributed by atoms with Crippen LogP contribution in [0.4, 0.5) is 0 Å². The summed E-state index contributed by atoms with van der Waals surface area (Å²) in [6, 6.07) is 2.05. The van der Waals surface area contributed by atoms with Crippen LogP contribution in [-0.2, 0) is 0 Å². The molecule has 2 heterocycles. The zero-order chi connectivity index (χ0) is 10.8. The van der Waals surface area contributed by atoms with Crippen molar-refractivity contribution in [3.05, 3.63) is 22.5 Å². The Morgan fingerprint density at radius 2 is 2.31 bits per heavy atom. The molecule has 0 spiro atoms. The first kappa shape index (κ1) is 13.5. The Bertz CT molecular complexity index is 478. The van der Waals surface area contributed by atoms with Crippen LogP contribution >= 0.6 is 46.8 Å². The van der Waals surface area contributed by atoms with E-state index in [0.29, 0.717) is 0 Å². The molecule has 2 aromatic rings. The normalized spacial score (nSPS) is 9.81. The highest BCUT2D eigenvalue weighted by Crippen LogP contribution is 2.36. The summed E-state index contributed by atoms with van der Waals surface area (Å²) in [4.78, 5) is 5.06. The molecule has 0 unspecified atom stereocenters. The van der Waals surface area contributed by atoms with Crippen LogP contribution in [0, 0.1) is 5.41 Å². The number of thiazole rings is 1. The number of hydrogen-bond donors (Lipinski definition) is 2. The van der Waals surface area contributed by atoms with Gasteiger partial charge in [-0.05, 0) is 12.3 Å². The lowest BCUT2D eigenvalue weighted by Crippen LogP contribution is -2.09. The third-order valence-electron chi connectivity index (χ3n) is 1.82. The number of rotatable bonds is 3. The molecule has 0 saturated heterocycles. The molecule has 0 radical (unpaired) electrons. The lowest BCUT2D eigenvalue weighted by Gasteiger charge is -1.96. The van der Waals surface area contributed by atoms with E-state index in [2.05, 4.69) is 4.98 Å². The van der Waals surface area contributed by atoms with Gasteiger partial charge in [0.15, 0.2) is 0 Å². The van der Waals surface area contributed by atoms with Gasteiger partial charge in [-0.25, -0.2) is 4.98 Å². The van der Waals surface area contributed by atoms with Gasteiger partial charge in [-0.1, -0.05) is 0 Å². The number of nitrogens with one attached hydrogen (secondary N) is 1. The maximum Gasteiger partial charge on any atom is 0.133 e. The predicted molar refractivity (Wildman–Crippen MR) is 75.5 cm³/mol. The van der Waals surface area contributed by atoms with E-state index in [1.54, 1.807) is 40.6 Å². The van der Waals surface area contributed by atoms with E-state index in [0.717, 1.165) is 19.7 Å². The number of nitrogens with two attached hydrogens (primary N) is 1. The summed E-state index contributed by atoms with van der Waals surface area (Å²) in [7, 11) is 0. The molecule has 3 nitrogen and oxygen atoms in total. The minimum absolute atomic E-state index is 0. The summed E-state index contributed by atoms with van der Waals surface area (Å²) in [6.07, 6.45) is 3.78. The maximum atomic E-state index is 7.52. The van der Waals surface area contributed by atoms with Gasteiger partial charge in [-0.2, -0.15) is 0 Å². The largest absolute Gasteiger partial charge is 0.383 e. The van der Waals surface area contributed by atoms with Gasteiger partial charge in [-0.3, -0.25) is 5.41 Å². The molecule has 2 aromatic heterocycles. The van der Waals surface area contributed by atoms with E-state index in [1.165, 1.54) is 0 Å². The van der Waals surface area contributed by atoms with Crippen molar-refractivity contribution in [3.8, 4) is 10.6 Å². The number of thiophene rings is 1. The van der Waals surface area contributed by atoms with Crippen LogP contribution in [0.5, 0.6) is 0 Å². The van der Waals surface area contributed by atoms with Gasteiger partial charge in [0.1, 0.15) is 10.8 Å². The van der Waals surface area contributed by atoms with E-state index in [4.69, 9.17) is 11.1 Å². The zero-order valence-corrected chi connectivity index (χ0v) is 11.7. The highest BCUT2D eigenvalue weighted by Gasteiger charge is 2.14. The molecule has 3 N–H and O–H groups in total. The molecule has 0 bridgehead atoms. The van der Waals surface area contributed by atoms with Gasteiger partial charge in [0.05, 0.1) is 9.09 Å². The molecule has 0 aliphatic carbocycles. The number of thioether (sulfide) groups is 1. The summed E-state index contributed by atoms with van der Waals surface area (Å²) in [5.74, 6) is 0.116. The van der Waals surface area contributed by atoms with Gasteiger partial charge in [0.2, 0.25) is 0 Å². The smallest absolute Gasteiger partial charge is 0.133 e. The average molecular weight is 292 g/mol. The second kappa shape index (κ2) is 5.67. The lowest BCUT2D eigenvalue weighted by atomic mass is 10.2. The molecule has 0 amide bonds. The van der Waals surface area contributed by atoms with Gasteiger partial charge < -0.3 is 5.73 Å². The monoisotopic (exact) mass is 291 g/mol.